The first-order chi connectivity index (χ1) is 5.29. The number of thiophene rings is 1. The molecule has 0 radical (unpaired) electrons. The molecule has 1 fully saturated rings. The van der Waals surface area contributed by atoms with Gasteiger partial charge in [-0.15, -0.1) is 23.7 Å². The highest BCUT2D eigenvalue weighted by molar-refractivity contribution is 7.10. The van der Waals surface area contributed by atoms with Crippen molar-refractivity contribution in [3.8, 4) is 0 Å². The van der Waals surface area contributed by atoms with Crippen molar-refractivity contribution in [2.24, 2.45) is 5.73 Å². The van der Waals surface area contributed by atoms with Crippen LogP contribution in [0.25, 0.3) is 0 Å². The van der Waals surface area contributed by atoms with Crippen molar-refractivity contribution in [2.45, 2.75) is 31.7 Å². The van der Waals surface area contributed by atoms with Crippen LogP contribution in [0.2, 0.25) is 0 Å². The van der Waals surface area contributed by atoms with Crippen LogP contribution in [0.1, 0.15) is 29.2 Å². The summed E-state index contributed by atoms with van der Waals surface area (Å²) in [4.78, 5) is 1.52. The third kappa shape index (κ3) is 1.51. The van der Waals surface area contributed by atoms with E-state index in [1.165, 1.54) is 23.3 Å². The molecule has 68 valence electrons. The molecule has 3 heteroatoms. The highest BCUT2D eigenvalue weighted by Crippen LogP contribution is 2.39. The molecule has 12 heavy (non-hydrogen) atoms. The Morgan fingerprint density at radius 3 is 2.58 bits per heavy atom. The highest BCUT2D eigenvalue weighted by Gasteiger charge is 2.30. The van der Waals surface area contributed by atoms with Crippen molar-refractivity contribution in [3.05, 3.63) is 21.9 Å². The topological polar surface area (TPSA) is 26.0 Å². The molecule has 2 N–H and O–H groups in total. The second kappa shape index (κ2) is 3.77. The van der Waals surface area contributed by atoms with E-state index in [-0.39, 0.29) is 12.4 Å². The SMILES string of the molecule is Cc1ccsc1[C@H]1CC[C@H]1N.Cl. The molecule has 1 aromatic heterocycles. The fourth-order valence-electron chi connectivity index (χ4n) is 1.62. The van der Waals surface area contributed by atoms with Gasteiger partial charge >= 0.3 is 0 Å². The predicted molar refractivity (Wildman–Crippen MR) is 56.3 cm³/mol. The minimum atomic E-state index is 0. The summed E-state index contributed by atoms with van der Waals surface area (Å²) in [5.41, 5.74) is 7.32. The van der Waals surface area contributed by atoms with Crippen LogP contribution in [-0.2, 0) is 0 Å². The summed E-state index contributed by atoms with van der Waals surface area (Å²) >= 11 is 1.86. The van der Waals surface area contributed by atoms with E-state index in [0.717, 1.165) is 0 Å². The zero-order valence-corrected chi connectivity index (χ0v) is 8.75. The van der Waals surface area contributed by atoms with Gasteiger partial charge in [0.05, 0.1) is 0 Å². The number of hydrogen-bond acceptors (Lipinski definition) is 2. The summed E-state index contributed by atoms with van der Waals surface area (Å²) < 4.78 is 0. The Hall–Kier alpha value is -0.0500. The van der Waals surface area contributed by atoms with Gasteiger partial charge in [0.25, 0.3) is 0 Å². The van der Waals surface area contributed by atoms with Crippen LogP contribution in [0.15, 0.2) is 11.4 Å². The summed E-state index contributed by atoms with van der Waals surface area (Å²) in [6, 6.07) is 2.62. The Balaban J connectivity index is 0.000000720. The van der Waals surface area contributed by atoms with Gasteiger partial charge in [0.15, 0.2) is 0 Å². The number of halogens is 1. The van der Waals surface area contributed by atoms with E-state index >= 15 is 0 Å². The molecular weight excluding hydrogens is 190 g/mol. The highest BCUT2D eigenvalue weighted by atomic mass is 35.5. The van der Waals surface area contributed by atoms with Crippen molar-refractivity contribution in [1.82, 2.24) is 0 Å². The lowest BCUT2D eigenvalue weighted by molar-refractivity contribution is 0.350. The third-order valence-electron chi connectivity index (χ3n) is 2.57. The average molecular weight is 204 g/mol. The Labute approximate surface area is 83.4 Å². The van der Waals surface area contributed by atoms with Crippen molar-refractivity contribution in [3.63, 3.8) is 0 Å². The Morgan fingerprint density at radius 1 is 1.50 bits per heavy atom. The molecule has 1 aliphatic rings. The maximum Gasteiger partial charge on any atom is 0.0121 e. The lowest BCUT2D eigenvalue weighted by Crippen LogP contribution is -2.37. The second-order valence-electron chi connectivity index (χ2n) is 3.32. The van der Waals surface area contributed by atoms with Gasteiger partial charge < -0.3 is 5.73 Å². The minimum Gasteiger partial charge on any atom is -0.327 e. The van der Waals surface area contributed by atoms with Gasteiger partial charge in [-0.05, 0) is 36.8 Å². The van der Waals surface area contributed by atoms with Crippen LogP contribution >= 0.6 is 23.7 Å². The van der Waals surface area contributed by atoms with E-state index in [0.29, 0.717) is 12.0 Å². The molecule has 1 nitrogen and oxygen atoms in total. The van der Waals surface area contributed by atoms with Gasteiger partial charge in [-0.25, -0.2) is 0 Å². The van der Waals surface area contributed by atoms with E-state index in [2.05, 4.69) is 18.4 Å². The van der Waals surface area contributed by atoms with Crippen LogP contribution in [0.3, 0.4) is 0 Å². The predicted octanol–water partition coefficient (Wildman–Crippen LogP) is 2.68. The fourth-order valence-corrected chi connectivity index (χ4v) is 2.76. The van der Waals surface area contributed by atoms with Gasteiger partial charge in [-0.3, -0.25) is 0 Å². The monoisotopic (exact) mass is 203 g/mol. The van der Waals surface area contributed by atoms with Crippen LogP contribution in [0.5, 0.6) is 0 Å². The molecule has 1 aliphatic carbocycles. The molecule has 2 rings (SSSR count). The maximum atomic E-state index is 5.89. The van der Waals surface area contributed by atoms with E-state index < -0.39 is 0 Å². The molecule has 1 heterocycles. The third-order valence-corrected chi connectivity index (χ3v) is 3.72. The minimum absolute atomic E-state index is 0. The molecule has 0 unspecified atom stereocenters. The van der Waals surface area contributed by atoms with Gasteiger partial charge in [0, 0.05) is 16.8 Å². The van der Waals surface area contributed by atoms with E-state index in [1.807, 2.05) is 11.3 Å². The zero-order chi connectivity index (χ0) is 7.84. The van der Waals surface area contributed by atoms with Crippen LogP contribution in [0, 0.1) is 6.92 Å². The van der Waals surface area contributed by atoms with Gasteiger partial charge in [-0.1, -0.05) is 0 Å². The molecule has 0 spiro atoms. The van der Waals surface area contributed by atoms with Gasteiger partial charge in [0.2, 0.25) is 0 Å². The number of hydrogen-bond donors (Lipinski definition) is 1. The molecule has 1 saturated carbocycles. The van der Waals surface area contributed by atoms with Crippen LogP contribution < -0.4 is 5.73 Å². The normalized spacial score (nSPS) is 27.5. The number of aryl methyl sites for hydroxylation is 1. The molecule has 2 atom stereocenters. The molecule has 1 aromatic rings. The molecule has 0 aromatic carbocycles. The van der Waals surface area contributed by atoms with Gasteiger partial charge in [0.1, 0.15) is 0 Å². The first-order valence-corrected chi connectivity index (χ1v) is 4.96. The first kappa shape index (κ1) is 10.0. The average Bonchev–Trinajstić information content (AvgIpc) is 2.34. The Morgan fingerprint density at radius 2 is 2.25 bits per heavy atom. The Bertz CT molecular complexity index is 259. The van der Waals surface area contributed by atoms with Crippen LogP contribution in [0.4, 0.5) is 0 Å². The molecule has 0 bridgehead atoms. The smallest absolute Gasteiger partial charge is 0.0121 e. The Kier molecular flexibility index (Phi) is 3.16. The lowest BCUT2D eigenvalue weighted by Gasteiger charge is -2.33. The van der Waals surface area contributed by atoms with E-state index in [9.17, 15) is 0 Å². The van der Waals surface area contributed by atoms with Crippen molar-refractivity contribution >= 4 is 23.7 Å². The summed E-state index contributed by atoms with van der Waals surface area (Å²) in [6.45, 7) is 2.18. The summed E-state index contributed by atoms with van der Waals surface area (Å²) in [6.07, 6.45) is 2.50. The molecule has 0 aliphatic heterocycles. The van der Waals surface area contributed by atoms with Crippen molar-refractivity contribution in [2.75, 3.05) is 0 Å². The number of rotatable bonds is 1. The van der Waals surface area contributed by atoms with Crippen LogP contribution in [-0.4, -0.2) is 6.04 Å². The van der Waals surface area contributed by atoms with Crippen molar-refractivity contribution < 1.29 is 0 Å². The summed E-state index contributed by atoms with van der Waals surface area (Å²) in [7, 11) is 0. The van der Waals surface area contributed by atoms with Crippen molar-refractivity contribution in [1.29, 1.82) is 0 Å². The summed E-state index contributed by atoms with van der Waals surface area (Å²) in [5, 5.41) is 2.16. The molecule has 0 amide bonds. The standard InChI is InChI=1S/C9H13NS.ClH/c1-6-4-5-11-9(6)7-2-3-8(7)10;/h4-5,7-8H,2-3,10H2,1H3;1H/t7-,8+;/m0./s1. The fraction of sp³-hybridized carbons (Fsp3) is 0.556. The molecule has 0 saturated heterocycles. The molecular formula is C9H14ClNS. The summed E-state index contributed by atoms with van der Waals surface area (Å²) in [5.74, 6) is 0.676. The van der Waals surface area contributed by atoms with E-state index in [4.69, 9.17) is 5.73 Å². The van der Waals surface area contributed by atoms with E-state index in [1.54, 1.807) is 0 Å². The second-order valence-corrected chi connectivity index (χ2v) is 4.26. The van der Waals surface area contributed by atoms with Gasteiger partial charge in [-0.2, -0.15) is 0 Å². The lowest BCUT2D eigenvalue weighted by atomic mass is 9.78. The maximum absolute atomic E-state index is 5.89. The first-order valence-electron chi connectivity index (χ1n) is 4.08. The number of nitrogens with two attached hydrogens (primary N) is 1. The zero-order valence-electron chi connectivity index (χ0n) is 7.12. The largest absolute Gasteiger partial charge is 0.327 e. The quantitative estimate of drug-likeness (QED) is 0.747.